The molecule has 0 heterocycles. The number of benzene rings is 2. The number of carbonyl (C=O) groups is 2. The van der Waals surface area contributed by atoms with Crippen LogP contribution in [-0.2, 0) is 22.4 Å². The van der Waals surface area contributed by atoms with Gasteiger partial charge < -0.3 is 34.9 Å². The summed E-state index contributed by atoms with van der Waals surface area (Å²) in [7, 11) is 6.26. The van der Waals surface area contributed by atoms with E-state index in [0.29, 0.717) is 54.2 Å². The second-order valence-corrected chi connectivity index (χ2v) is 9.90. The molecule has 3 N–H and O–H groups in total. The highest BCUT2D eigenvalue weighted by Gasteiger charge is 2.29. The fourth-order valence-corrected chi connectivity index (χ4v) is 5.23. The van der Waals surface area contributed by atoms with Gasteiger partial charge in [-0.15, -0.1) is 0 Å². The number of carbonyl (C=O) groups excluding carboxylic acids is 2. The lowest BCUT2D eigenvalue weighted by Crippen LogP contribution is -2.32. The molecule has 4 rings (SSSR count). The lowest BCUT2D eigenvalue weighted by molar-refractivity contribution is -0.120. The van der Waals surface area contributed by atoms with Crippen molar-refractivity contribution >= 4 is 17.5 Å². The Morgan fingerprint density at radius 3 is 2.29 bits per heavy atom. The Balaban J connectivity index is 1.61. The molecule has 0 saturated carbocycles. The number of hydrogen-bond donors (Lipinski definition) is 3. The molecule has 10 nitrogen and oxygen atoms in total. The molecule has 3 aromatic carbocycles. The summed E-state index contributed by atoms with van der Waals surface area (Å²) in [6.07, 6.45) is 1.82. The summed E-state index contributed by atoms with van der Waals surface area (Å²) in [6, 6.07) is 14.1. The first-order valence-electron chi connectivity index (χ1n) is 13.7. The fourth-order valence-electron chi connectivity index (χ4n) is 5.23. The van der Waals surface area contributed by atoms with E-state index in [-0.39, 0.29) is 29.5 Å². The van der Waals surface area contributed by atoms with Crippen molar-refractivity contribution in [1.29, 1.82) is 0 Å². The molecule has 42 heavy (non-hydrogen) atoms. The Labute approximate surface area is 245 Å². The van der Waals surface area contributed by atoms with Gasteiger partial charge in [0.1, 0.15) is 5.75 Å². The fraction of sp³-hybridized carbons (Fsp3) is 0.344. The van der Waals surface area contributed by atoms with Gasteiger partial charge in [-0.1, -0.05) is 18.2 Å². The molecule has 0 bridgehead atoms. The van der Waals surface area contributed by atoms with Crippen molar-refractivity contribution < 1.29 is 28.5 Å². The number of ether oxygens (including phenoxy) is 4. The van der Waals surface area contributed by atoms with Crippen LogP contribution in [0, 0.1) is 0 Å². The maximum Gasteiger partial charge on any atom is 0.239 e. The highest BCUT2D eigenvalue weighted by Crippen LogP contribution is 2.50. The number of amides is 2. The molecule has 1 unspecified atom stereocenters. The Hall–Kier alpha value is -4.73. The van der Waals surface area contributed by atoms with Gasteiger partial charge in [-0.3, -0.25) is 14.4 Å². The van der Waals surface area contributed by atoms with E-state index in [4.69, 9.17) is 18.9 Å². The van der Waals surface area contributed by atoms with E-state index in [1.54, 1.807) is 27.4 Å². The summed E-state index contributed by atoms with van der Waals surface area (Å²) in [6.45, 7) is 1.83. The van der Waals surface area contributed by atoms with E-state index in [2.05, 4.69) is 16.0 Å². The van der Waals surface area contributed by atoms with Gasteiger partial charge in [-0.05, 0) is 71.8 Å². The lowest BCUT2D eigenvalue weighted by Gasteiger charge is -2.19. The van der Waals surface area contributed by atoms with E-state index >= 15 is 0 Å². The van der Waals surface area contributed by atoms with Gasteiger partial charge in [-0.25, -0.2) is 0 Å². The predicted octanol–water partition coefficient (Wildman–Crippen LogP) is 3.64. The summed E-state index contributed by atoms with van der Waals surface area (Å²) >= 11 is 0. The number of rotatable bonds is 11. The summed E-state index contributed by atoms with van der Waals surface area (Å²) in [5, 5.41) is 8.84. The van der Waals surface area contributed by atoms with Crippen LogP contribution in [0.5, 0.6) is 23.0 Å². The quantitative estimate of drug-likeness (QED) is 0.317. The SMILES string of the molecule is COc1ccc(CCNC(=O)CNc2ccc3c(cc2=O)C(NC(C)=O)CCc2cc(OC)c(OC)c(OC)c2-3)cc1. The van der Waals surface area contributed by atoms with Crippen LogP contribution in [-0.4, -0.2) is 53.3 Å². The molecule has 0 spiro atoms. The van der Waals surface area contributed by atoms with Crippen LogP contribution in [0.3, 0.4) is 0 Å². The van der Waals surface area contributed by atoms with Gasteiger partial charge >= 0.3 is 0 Å². The largest absolute Gasteiger partial charge is 0.497 e. The Morgan fingerprint density at radius 1 is 0.905 bits per heavy atom. The molecule has 0 aromatic heterocycles. The first-order chi connectivity index (χ1) is 20.3. The molecule has 2 amide bonds. The van der Waals surface area contributed by atoms with Crippen molar-refractivity contribution in [1.82, 2.24) is 10.6 Å². The third kappa shape index (κ3) is 6.76. The van der Waals surface area contributed by atoms with Crippen LogP contribution in [0.4, 0.5) is 5.69 Å². The average Bonchev–Trinajstić information content (AvgIpc) is 3.23. The highest BCUT2D eigenvalue weighted by atomic mass is 16.5. The second kappa shape index (κ2) is 13.8. The molecule has 222 valence electrons. The minimum atomic E-state index is -0.416. The average molecular weight is 576 g/mol. The minimum Gasteiger partial charge on any atom is -0.497 e. The lowest BCUT2D eigenvalue weighted by atomic mass is 9.95. The van der Waals surface area contributed by atoms with Crippen molar-refractivity contribution in [2.75, 3.05) is 46.8 Å². The molecule has 10 heteroatoms. The van der Waals surface area contributed by atoms with Crippen molar-refractivity contribution in [3.05, 3.63) is 75.4 Å². The van der Waals surface area contributed by atoms with Gasteiger partial charge in [0, 0.05) is 19.0 Å². The zero-order valence-corrected chi connectivity index (χ0v) is 24.6. The van der Waals surface area contributed by atoms with Crippen LogP contribution in [0.1, 0.15) is 36.1 Å². The summed E-state index contributed by atoms with van der Waals surface area (Å²) in [5.41, 5.74) is 4.08. The molecule has 3 aromatic rings. The number of nitrogens with one attached hydrogen (secondary N) is 3. The van der Waals surface area contributed by atoms with Crippen molar-refractivity contribution in [2.45, 2.75) is 32.2 Å². The smallest absolute Gasteiger partial charge is 0.239 e. The molecular weight excluding hydrogens is 538 g/mol. The minimum absolute atomic E-state index is 0.0768. The van der Waals surface area contributed by atoms with E-state index in [1.807, 2.05) is 36.4 Å². The van der Waals surface area contributed by atoms with Gasteiger partial charge in [0.25, 0.3) is 0 Å². The van der Waals surface area contributed by atoms with Crippen molar-refractivity contribution in [3.8, 4) is 34.1 Å². The van der Waals surface area contributed by atoms with E-state index in [1.165, 1.54) is 20.1 Å². The number of methoxy groups -OCH3 is 4. The standard InChI is InChI=1S/C32H37N3O7/c1-19(36)35-25-12-8-21-16-28(40-3)31(41-4)32(42-5)30(21)23-11-13-26(27(37)17-24(23)25)34-18-29(38)33-15-14-20-6-9-22(39-2)10-7-20/h6-7,9-11,13,16-17,25H,8,12,14-15,18H2,1-5H3,(H,33,38)(H,34,37)(H,35,36). The third-order valence-corrected chi connectivity index (χ3v) is 7.25. The molecule has 1 atom stereocenters. The van der Waals surface area contributed by atoms with Gasteiger partial charge in [0.15, 0.2) is 11.5 Å². The van der Waals surface area contributed by atoms with E-state index in [9.17, 15) is 14.4 Å². The van der Waals surface area contributed by atoms with Crippen LogP contribution >= 0.6 is 0 Å². The second-order valence-electron chi connectivity index (χ2n) is 9.90. The van der Waals surface area contributed by atoms with E-state index in [0.717, 1.165) is 22.4 Å². The van der Waals surface area contributed by atoms with Gasteiger partial charge in [0.2, 0.25) is 23.0 Å². The first-order valence-corrected chi connectivity index (χ1v) is 13.7. The van der Waals surface area contributed by atoms with Crippen molar-refractivity contribution in [3.63, 3.8) is 0 Å². The van der Waals surface area contributed by atoms with Gasteiger partial charge in [0.05, 0.1) is 46.7 Å². The number of aryl methyl sites for hydroxylation is 1. The molecule has 1 aliphatic carbocycles. The molecule has 1 aliphatic rings. The normalized spacial score (nSPS) is 13.5. The summed E-state index contributed by atoms with van der Waals surface area (Å²) in [4.78, 5) is 38.1. The Bertz CT molecular complexity index is 1510. The van der Waals surface area contributed by atoms with Gasteiger partial charge in [-0.2, -0.15) is 0 Å². The number of hydrogen-bond acceptors (Lipinski definition) is 8. The third-order valence-electron chi connectivity index (χ3n) is 7.25. The molecule has 0 fully saturated rings. The Morgan fingerprint density at radius 2 is 1.64 bits per heavy atom. The molecule has 0 radical (unpaired) electrons. The predicted molar refractivity (Wildman–Crippen MR) is 161 cm³/mol. The maximum atomic E-state index is 13.4. The monoisotopic (exact) mass is 575 g/mol. The zero-order chi connectivity index (χ0) is 30.2. The topological polar surface area (TPSA) is 124 Å². The van der Waals surface area contributed by atoms with E-state index < -0.39 is 6.04 Å². The summed E-state index contributed by atoms with van der Waals surface area (Å²) in [5.74, 6) is 1.76. The maximum absolute atomic E-state index is 13.4. The number of fused-ring (bicyclic) bond motifs is 3. The first kappa shape index (κ1) is 30.2. The number of anilines is 1. The Kier molecular flexibility index (Phi) is 9.90. The van der Waals surface area contributed by atoms with Crippen LogP contribution in [0.2, 0.25) is 0 Å². The highest BCUT2D eigenvalue weighted by molar-refractivity contribution is 5.84. The summed E-state index contributed by atoms with van der Waals surface area (Å²) < 4.78 is 22.2. The van der Waals surface area contributed by atoms with Crippen LogP contribution in [0.15, 0.2) is 53.3 Å². The molecular formula is C32H37N3O7. The zero-order valence-electron chi connectivity index (χ0n) is 24.6. The molecule has 0 aliphatic heterocycles. The van der Waals surface area contributed by atoms with Crippen LogP contribution in [0.25, 0.3) is 11.1 Å². The molecule has 0 saturated heterocycles. The van der Waals surface area contributed by atoms with Crippen molar-refractivity contribution in [2.24, 2.45) is 0 Å². The van der Waals surface area contributed by atoms with Crippen LogP contribution < -0.4 is 40.3 Å².